The van der Waals surface area contributed by atoms with Crippen molar-refractivity contribution in [3.8, 4) is 11.5 Å². The van der Waals surface area contributed by atoms with Crippen LogP contribution in [0.4, 0.5) is 0 Å². The van der Waals surface area contributed by atoms with Crippen molar-refractivity contribution in [2.75, 3.05) is 0 Å². The van der Waals surface area contributed by atoms with Gasteiger partial charge in [-0.15, -0.1) is 0 Å². The van der Waals surface area contributed by atoms with Crippen LogP contribution in [0.15, 0.2) is 42.6 Å². The van der Waals surface area contributed by atoms with Gasteiger partial charge in [0.05, 0.1) is 12.3 Å². The van der Waals surface area contributed by atoms with Gasteiger partial charge in [-0.2, -0.15) is 0 Å². The van der Waals surface area contributed by atoms with Crippen molar-refractivity contribution in [3.05, 3.63) is 54.0 Å². The lowest BCUT2D eigenvalue weighted by Crippen LogP contribution is -1.99. The Balaban J connectivity index is 2.27. The van der Waals surface area contributed by atoms with E-state index in [9.17, 15) is 5.11 Å². The second-order valence-corrected chi connectivity index (χ2v) is 4.36. The zero-order chi connectivity index (χ0) is 13.2. The van der Waals surface area contributed by atoms with Crippen molar-refractivity contribution in [1.29, 1.82) is 0 Å². The van der Waals surface area contributed by atoms with Gasteiger partial charge in [-0.1, -0.05) is 24.3 Å². The number of aromatic nitrogens is 3. The minimum atomic E-state index is -0.0961. The first-order chi connectivity index (χ1) is 9.28. The standard InChI is InChI=1S/C15H13N3O/c1-10-8-12(9-19)18-15(17-10)14-13-5-3-2-4-11(13)6-7-16-14/h2-8,19H,9H2,1H3. The Hall–Kier alpha value is -2.33. The first-order valence-electron chi connectivity index (χ1n) is 6.07. The van der Waals surface area contributed by atoms with Crippen LogP contribution in [0.5, 0.6) is 0 Å². The highest BCUT2D eigenvalue weighted by atomic mass is 16.3. The summed E-state index contributed by atoms with van der Waals surface area (Å²) in [6, 6.07) is 11.7. The Morgan fingerprint density at radius 1 is 1.11 bits per heavy atom. The molecule has 3 rings (SSSR count). The number of nitrogens with zero attached hydrogens (tertiary/aromatic N) is 3. The molecule has 0 atom stereocenters. The van der Waals surface area contributed by atoms with Gasteiger partial charge >= 0.3 is 0 Å². The van der Waals surface area contributed by atoms with Gasteiger partial charge in [-0.05, 0) is 24.4 Å². The van der Waals surface area contributed by atoms with E-state index in [4.69, 9.17) is 0 Å². The van der Waals surface area contributed by atoms with Crippen LogP contribution in [0, 0.1) is 6.92 Å². The second kappa shape index (κ2) is 4.74. The fourth-order valence-electron chi connectivity index (χ4n) is 2.12. The summed E-state index contributed by atoms with van der Waals surface area (Å²) >= 11 is 0. The van der Waals surface area contributed by atoms with Gasteiger partial charge in [0.15, 0.2) is 5.82 Å². The number of aliphatic hydroxyl groups excluding tert-OH is 1. The molecule has 0 bridgehead atoms. The monoisotopic (exact) mass is 251 g/mol. The summed E-state index contributed by atoms with van der Waals surface area (Å²) in [7, 11) is 0. The van der Waals surface area contributed by atoms with Crippen LogP contribution >= 0.6 is 0 Å². The molecule has 3 aromatic rings. The van der Waals surface area contributed by atoms with Gasteiger partial charge in [-0.25, -0.2) is 9.97 Å². The molecule has 2 aromatic heterocycles. The largest absolute Gasteiger partial charge is 0.390 e. The summed E-state index contributed by atoms with van der Waals surface area (Å²) in [6.07, 6.45) is 1.75. The highest BCUT2D eigenvalue weighted by Gasteiger charge is 2.09. The van der Waals surface area contributed by atoms with Crippen LogP contribution in [0.2, 0.25) is 0 Å². The Bertz CT molecular complexity index is 735. The van der Waals surface area contributed by atoms with Gasteiger partial charge < -0.3 is 5.11 Å². The smallest absolute Gasteiger partial charge is 0.179 e. The molecule has 2 heterocycles. The molecule has 0 unspecified atom stereocenters. The van der Waals surface area contributed by atoms with Gasteiger partial charge in [0.2, 0.25) is 0 Å². The molecule has 0 amide bonds. The molecule has 0 fully saturated rings. The fraction of sp³-hybridized carbons (Fsp3) is 0.133. The fourth-order valence-corrected chi connectivity index (χ4v) is 2.12. The average molecular weight is 251 g/mol. The first kappa shape index (κ1) is 11.7. The molecule has 0 spiro atoms. The molecule has 1 N–H and O–H groups in total. The maximum absolute atomic E-state index is 9.24. The Labute approximate surface area is 110 Å². The van der Waals surface area contributed by atoms with Crippen LogP contribution in [0.1, 0.15) is 11.4 Å². The normalized spacial score (nSPS) is 10.8. The highest BCUT2D eigenvalue weighted by Crippen LogP contribution is 2.24. The second-order valence-electron chi connectivity index (χ2n) is 4.36. The molecule has 19 heavy (non-hydrogen) atoms. The van der Waals surface area contributed by atoms with E-state index in [1.807, 2.05) is 37.3 Å². The summed E-state index contributed by atoms with van der Waals surface area (Å²) in [6.45, 7) is 1.79. The predicted molar refractivity (Wildman–Crippen MR) is 73.4 cm³/mol. The molecule has 4 heteroatoms. The van der Waals surface area contributed by atoms with Crippen LogP contribution in [0.3, 0.4) is 0 Å². The molecular weight excluding hydrogens is 238 g/mol. The van der Waals surface area contributed by atoms with E-state index in [1.54, 1.807) is 12.3 Å². The van der Waals surface area contributed by atoms with Gasteiger partial charge in [0.1, 0.15) is 5.69 Å². The zero-order valence-corrected chi connectivity index (χ0v) is 10.5. The van der Waals surface area contributed by atoms with Crippen LogP contribution in [0.25, 0.3) is 22.3 Å². The highest BCUT2D eigenvalue weighted by molar-refractivity contribution is 5.92. The summed E-state index contributed by atoms with van der Waals surface area (Å²) in [5.74, 6) is 0.556. The third-order valence-corrected chi connectivity index (χ3v) is 2.95. The topological polar surface area (TPSA) is 58.9 Å². The number of benzene rings is 1. The predicted octanol–water partition coefficient (Wildman–Crippen LogP) is 2.49. The first-order valence-corrected chi connectivity index (χ1v) is 6.07. The van der Waals surface area contributed by atoms with E-state index >= 15 is 0 Å². The summed E-state index contributed by atoms with van der Waals surface area (Å²) in [5, 5.41) is 11.3. The molecular formula is C15H13N3O. The van der Waals surface area contributed by atoms with E-state index in [2.05, 4.69) is 15.0 Å². The van der Waals surface area contributed by atoms with Crippen molar-refractivity contribution in [2.24, 2.45) is 0 Å². The van der Waals surface area contributed by atoms with Crippen LogP contribution in [-0.2, 0) is 6.61 Å². The number of hydrogen-bond acceptors (Lipinski definition) is 4. The quantitative estimate of drug-likeness (QED) is 0.760. The number of rotatable bonds is 2. The average Bonchev–Trinajstić information content (AvgIpc) is 2.46. The molecule has 0 saturated heterocycles. The third-order valence-electron chi connectivity index (χ3n) is 2.95. The maximum atomic E-state index is 9.24. The van der Waals surface area contributed by atoms with E-state index < -0.39 is 0 Å². The SMILES string of the molecule is Cc1cc(CO)nc(-c2nccc3ccccc23)n1. The summed E-state index contributed by atoms with van der Waals surface area (Å²) in [5.41, 5.74) is 2.18. The van der Waals surface area contributed by atoms with E-state index in [0.717, 1.165) is 22.2 Å². The minimum absolute atomic E-state index is 0.0961. The van der Waals surface area contributed by atoms with Gasteiger partial charge in [0.25, 0.3) is 0 Å². The molecule has 4 nitrogen and oxygen atoms in total. The molecule has 0 aliphatic rings. The lowest BCUT2D eigenvalue weighted by Gasteiger charge is -2.06. The van der Waals surface area contributed by atoms with Gasteiger partial charge in [-0.3, -0.25) is 4.98 Å². The van der Waals surface area contributed by atoms with E-state index in [0.29, 0.717) is 11.5 Å². The Kier molecular flexibility index (Phi) is 2.93. The van der Waals surface area contributed by atoms with Crippen molar-refractivity contribution in [1.82, 2.24) is 15.0 Å². The number of aliphatic hydroxyl groups is 1. The Morgan fingerprint density at radius 3 is 2.79 bits per heavy atom. The van der Waals surface area contributed by atoms with E-state index in [-0.39, 0.29) is 6.61 Å². The third kappa shape index (κ3) is 2.18. The molecule has 1 aromatic carbocycles. The summed E-state index contributed by atoms with van der Waals surface area (Å²) < 4.78 is 0. The van der Waals surface area contributed by atoms with Crippen molar-refractivity contribution >= 4 is 10.8 Å². The lowest BCUT2D eigenvalue weighted by atomic mass is 10.1. The van der Waals surface area contributed by atoms with Crippen molar-refractivity contribution in [2.45, 2.75) is 13.5 Å². The minimum Gasteiger partial charge on any atom is -0.390 e. The van der Waals surface area contributed by atoms with Crippen LogP contribution in [-0.4, -0.2) is 20.1 Å². The molecule has 0 aliphatic heterocycles. The number of aryl methyl sites for hydroxylation is 1. The maximum Gasteiger partial charge on any atom is 0.179 e. The molecule has 0 aliphatic carbocycles. The molecule has 0 saturated carbocycles. The Morgan fingerprint density at radius 2 is 1.95 bits per heavy atom. The number of hydrogen-bond donors (Lipinski definition) is 1. The molecule has 0 radical (unpaired) electrons. The van der Waals surface area contributed by atoms with Crippen LogP contribution < -0.4 is 0 Å². The zero-order valence-electron chi connectivity index (χ0n) is 10.5. The number of pyridine rings is 1. The number of fused-ring (bicyclic) bond motifs is 1. The summed E-state index contributed by atoms with van der Waals surface area (Å²) in [4.78, 5) is 13.2. The molecule has 94 valence electrons. The lowest BCUT2D eigenvalue weighted by molar-refractivity contribution is 0.276. The van der Waals surface area contributed by atoms with Crippen molar-refractivity contribution in [3.63, 3.8) is 0 Å². The van der Waals surface area contributed by atoms with Gasteiger partial charge in [0, 0.05) is 17.3 Å². The van der Waals surface area contributed by atoms with Crippen molar-refractivity contribution < 1.29 is 5.11 Å². The van der Waals surface area contributed by atoms with E-state index in [1.165, 1.54) is 0 Å².